The van der Waals surface area contributed by atoms with E-state index in [1.807, 2.05) is 30.3 Å². The van der Waals surface area contributed by atoms with E-state index >= 15 is 0 Å². The molecule has 0 saturated carbocycles. The van der Waals surface area contributed by atoms with E-state index in [9.17, 15) is 0 Å². The maximum atomic E-state index is 5.98. The lowest BCUT2D eigenvalue weighted by Crippen LogP contribution is -2.47. The molecule has 1 atom stereocenters. The van der Waals surface area contributed by atoms with Crippen LogP contribution in [0, 0.1) is 0 Å². The highest BCUT2D eigenvalue weighted by Crippen LogP contribution is 2.22. The first-order chi connectivity index (χ1) is 14.3. The van der Waals surface area contributed by atoms with Crippen molar-refractivity contribution in [1.29, 1.82) is 0 Å². The highest BCUT2D eigenvalue weighted by Gasteiger charge is 2.26. The molecule has 29 heavy (non-hydrogen) atoms. The van der Waals surface area contributed by atoms with E-state index in [1.54, 1.807) is 0 Å². The molecule has 152 valence electrons. The first-order valence-corrected chi connectivity index (χ1v) is 10.7. The molecule has 1 unspecified atom stereocenters. The Balaban J connectivity index is 1.41. The van der Waals surface area contributed by atoms with Crippen molar-refractivity contribution >= 4 is 0 Å². The second-order valence-electron chi connectivity index (χ2n) is 7.85. The number of piperidine rings is 1. The topological polar surface area (TPSA) is 45.4 Å². The molecule has 4 rings (SSSR count). The Morgan fingerprint density at radius 1 is 1.03 bits per heavy atom. The first-order valence-electron chi connectivity index (χ1n) is 10.7. The SMILES string of the molecule is CCCN(Cc1nnc(-c2ccccc2)o1)C1CCCN(Cc2ccccc2)C1. The van der Waals surface area contributed by atoms with Crippen LogP contribution in [0.2, 0.25) is 0 Å². The predicted octanol–water partition coefficient (Wildman–Crippen LogP) is 4.61. The lowest BCUT2D eigenvalue weighted by atomic mass is 10.0. The molecular weight excluding hydrogens is 360 g/mol. The highest BCUT2D eigenvalue weighted by molar-refractivity contribution is 5.51. The van der Waals surface area contributed by atoms with Gasteiger partial charge in [0.25, 0.3) is 0 Å². The highest BCUT2D eigenvalue weighted by atomic mass is 16.4. The van der Waals surface area contributed by atoms with Crippen molar-refractivity contribution < 1.29 is 4.42 Å². The summed E-state index contributed by atoms with van der Waals surface area (Å²) in [5.41, 5.74) is 2.36. The molecule has 1 fully saturated rings. The average molecular weight is 391 g/mol. The Kier molecular flexibility index (Phi) is 6.70. The predicted molar refractivity (Wildman–Crippen MR) is 115 cm³/mol. The molecule has 5 heteroatoms. The third-order valence-electron chi connectivity index (χ3n) is 5.58. The normalized spacial score (nSPS) is 17.7. The molecule has 0 spiro atoms. The van der Waals surface area contributed by atoms with Gasteiger partial charge < -0.3 is 4.42 Å². The molecular formula is C24H30N4O. The molecule has 1 saturated heterocycles. The minimum atomic E-state index is 0.527. The van der Waals surface area contributed by atoms with Crippen LogP contribution < -0.4 is 0 Å². The summed E-state index contributed by atoms with van der Waals surface area (Å²) >= 11 is 0. The van der Waals surface area contributed by atoms with Gasteiger partial charge in [-0.15, -0.1) is 10.2 Å². The zero-order chi connectivity index (χ0) is 19.9. The van der Waals surface area contributed by atoms with Gasteiger partial charge in [-0.05, 0) is 50.0 Å². The molecule has 0 amide bonds. The fraction of sp³-hybridized carbons (Fsp3) is 0.417. The second kappa shape index (κ2) is 9.81. The van der Waals surface area contributed by atoms with Crippen LogP contribution in [0.4, 0.5) is 0 Å². The van der Waals surface area contributed by atoms with Gasteiger partial charge in [0.15, 0.2) is 0 Å². The third-order valence-corrected chi connectivity index (χ3v) is 5.58. The van der Waals surface area contributed by atoms with Gasteiger partial charge >= 0.3 is 0 Å². The Bertz CT molecular complexity index is 865. The Hall–Kier alpha value is -2.50. The molecule has 1 aromatic heterocycles. The van der Waals surface area contributed by atoms with Crippen molar-refractivity contribution in [2.45, 2.75) is 45.3 Å². The minimum absolute atomic E-state index is 0.527. The lowest BCUT2D eigenvalue weighted by molar-refractivity contribution is 0.0815. The number of nitrogens with zero attached hydrogens (tertiary/aromatic N) is 4. The van der Waals surface area contributed by atoms with Crippen LogP contribution in [0.25, 0.3) is 11.5 Å². The molecule has 2 heterocycles. The van der Waals surface area contributed by atoms with Gasteiger partial charge in [0.2, 0.25) is 11.8 Å². The molecule has 0 bridgehead atoms. The summed E-state index contributed by atoms with van der Waals surface area (Å²) in [6.07, 6.45) is 3.58. The Labute approximate surface area is 173 Å². The van der Waals surface area contributed by atoms with Gasteiger partial charge in [0.1, 0.15) is 0 Å². The standard InChI is InChI=1S/C24H30N4O/c1-2-15-28(19-23-25-26-24(29-23)21-12-7-4-8-13-21)22-14-9-16-27(18-22)17-20-10-5-3-6-11-20/h3-8,10-13,22H,2,9,14-19H2,1H3. The summed E-state index contributed by atoms with van der Waals surface area (Å²) in [7, 11) is 0. The van der Waals surface area contributed by atoms with E-state index < -0.39 is 0 Å². The van der Waals surface area contributed by atoms with E-state index in [0.29, 0.717) is 17.8 Å². The summed E-state index contributed by atoms with van der Waals surface area (Å²) in [5.74, 6) is 1.31. The number of benzene rings is 2. The van der Waals surface area contributed by atoms with Gasteiger partial charge in [0, 0.05) is 24.7 Å². The monoisotopic (exact) mass is 390 g/mol. The fourth-order valence-corrected chi connectivity index (χ4v) is 4.18. The van der Waals surface area contributed by atoms with Crippen molar-refractivity contribution in [2.24, 2.45) is 0 Å². The summed E-state index contributed by atoms with van der Waals surface area (Å²) in [6.45, 7) is 7.29. The fourth-order valence-electron chi connectivity index (χ4n) is 4.18. The van der Waals surface area contributed by atoms with Gasteiger partial charge in [0.05, 0.1) is 6.54 Å². The van der Waals surface area contributed by atoms with Crippen LogP contribution in [-0.4, -0.2) is 45.7 Å². The van der Waals surface area contributed by atoms with E-state index in [2.05, 4.69) is 57.3 Å². The van der Waals surface area contributed by atoms with Crippen molar-refractivity contribution in [1.82, 2.24) is 20.0 Å². The van der Waals surface area contributed by atoms with Crippen LogP contribution in [0.1, 0.15) is 37.6 Å². The van der Waals surface area contributed by atoms with E-state index in [4.69, 9.17) is 4.42 Å². The Morgan fingerprint density at radius 2 is 1.79 bits per heavy atom. The maximum absolute atomic E-state index is 5.98. The third kappa shape index (κ3) is 5.31. The number of hydrogen-bond donors (Lipinski definition) is 0. The average Bonchev–Trinajstić information content (AvgIpc) is 3.24. The largest absolute Gasteiger partial charge is 0.419 e. The van der Waals surface area contributed by atoms with Crippen LogP contribution in [0.5, 0.6) is 0 Å². The quantitative estimate of drug-likeness (QED) is 0.562. The van der Waals surface area contributed by atoms with Crippen LogP contribution in [0.3, 0.4) is 0 Å². The van der Waals surface area contributed by atoms with Crippen molar-refractivity contribution in [3.8, 4) is 11.5 Å². The van der Waals surface area contributed by atoms with Gasteiger partial charge in [-0.3, -0.25) is 9.80 Å². The second-order valence-corrected chi connectivity index (χ2v) is 7.85. The lowest BCUT2D eigenvalue weighted by Gasteiger charge is -2.39. The summed E-state index contributed by atoms with van der Waals surface area (Å²) < 4.78 is 5.98. The van der Waals surface area contributed by atoms with Crippen molar-refractivity contribution in [3.05, 3.63) is 72.1 Å². The summed E-state index contributed by atoms with van der Waals surface area (Å²) in [6, 6.07) is 21.3. The molecule has 1 aliphatic heterocycles. The number of aromatic nitrogens is 2. The molecule has 0 radical (unpaired) electrons. The zero-order valence-electron chi connectivity index (χ0n) is 17.2. The number of hydrogen-bond acceptors (Lipinski definition) is 5. The van der Waals surface area contributed by atoms with Gasteiger partial charge in [-0.2, -0.15) is 0 Å². The molecule has 0 aliphatic carbocycles. The minimum Gasteiger partial charge on any atom is -0.419 e. The van der Waals surface area contributed by atoms with Gasteiger partial charge in [-0.1, -0.05) is 55.5 Å². The smallest absolute Gasteiger partial charge is 0.247 e. The zero-order valence-corrected chi connectivity index (χ0v) is 17.2. The molecule has 0 N–H and O–H groups in total. The van der Waals surface area contributed by atoms with Gasteiger partial charge in [-0.25, -0.2) is 0 Å². The van der Waals surface area contributed by atoms with E-state index in [0.717, 1.165) is 38.2 Å². The Morgan fingerprint density at radius 3 is 2.55 bits per heavy atom. The first kappa shape index (κ1) is 19.8. The molecule has 5 nitrogen and oxygen atoms in total. The van der Waals surface area contributed by atoms with E-state index in [-0.39, 0.29) is 0 Å². The number of likely N-dealkylation sites (tertiary alicyclic amines) is 1. The summed E-state index contributed by atoms with van der Waals surface area (Å²) in [5, 5.41) is 8.59. The van der Waals surface area contributed by atoms with E-state index in [1.165, 1.54) is 24.9 Å². The van der Waals surface area contributed by atoms with Crippen LogP contribution in [-0.2, 0) is 13.1 Å². The molecule has 2 aromatic carbocycles. The number of rotatable bonds is 8. The summed E-state index contributed by atoms with van der Waals surface area (Å²) in [4.78, 5) is 5.11. The van der Waals surface area contributed by atoms with Crippen LogP contribution in [0.15, 0.2) is 65.1 Å². The molecule has 1 aliphatic rings. The van der Waals surface area contributed by atoms with Crippen molar-refractivity contribution in [3.63, 3.8) is 0 Å². The van der Waals surface area contributed by atoms with Crippen molar-refractivity contribution in [2.75, 3.05) is 19.6 Å². The maximum Gasteiger partial charge on any atom is 0.247 e. The molecule has 3 aromatic rings. The van der Waals surface area contributed by atoms with Crippen LogP contribution >= 0.6 is 0 Å².